The van der Waals surface area contributed by atoms with Crippen LogP contribution < -0.4 is 4.74 Å². The number of benzene rings is 1. The van der Waals surface area contributed by atoms with Gasteiger partial charge in [0.25, 0.3) is 0 Å². The molecule has 1 aromatic carbocycles. The Morgan fingerprint density at radius 1 is 1.15 bits per heavy atom. The van der Waals surface area contributed by atoms with Crippen LogP contribution in [-0.2, 0) is 24.8 Å². The number of amides is 1. The Morgan fingerprint density at radius 2 is 1.98 bits per heavy atom. The highest BCUT2D eigenvalue weighted by molar-refractivity contribution is 7.18. The van der Waals surface area contributed by atoms with Crippen molar-refractivity contribution >= 4 is 38.9 Å². The molecule has 0 unspecified atom stereocenters. The van der Waals surface area contributed by atoms with E-state index in [9.17, 15) is 9.18 Å². The van der Waals surface area contributed by atoms with Crippen LogP contribution in [0.25, 0.3) is 43.2 Å². The third-order valence-electron chi connectivity index (χ3n) is 6.60. The lowest BCUT2D eigenvalue weighted by Gasteiger charge is -2.29. The molecule has 0 spiro atoms. The van der Waals surface area contributed by atoms with Gasteiger partial charge in [-0.2, -0.15) is 5.10 Å². The number of thiophene rings is 1. The van der Waals surface area contributed by atoms with Gasteiger partial charge >= 0.3 is 6.09 Å². The van der Waals surface area contributed by atoms with Crippen LogP contribution in [0.2, 0.25) is 0 Å². The Morgan fingerprint density at radius 3 is 2.70 bits per heavy atom. The first-order valence-electron chi connectivity index (χ1n) is 12.8. The number of fused-ring (bicyclic) bond motifs is 2. The zero-order valence-electron chi connectivity index (χ0n) is 22.8. The van der Waals surface area contributed by atoms with Gasteiger partial charge in [-0.05, 0) is 44.4 Å². The first-order valence-corrected chi connectivity index (χ1v) is 14.5. The summed E-state index contributed by atoms with van der Waals surface area (Å²) in [5, 5.41) is 8.10. The van der Waals surface area contributed by atoms with Crippen LogP contribution in [0, 0.1) is 5.82 Å². The van der Waals surface area contributed by atoms with Crippen molar-refractivity contribution in [3.8, 4) is 38.8 Å². The second-order valence-corrected chi connectivity index (χ2v) is 12.6. The van der Waals surface area contributed by atoms with Crippen LogP contribution in [0.3, 0.4) is 0 Å². The minimum atomic E-state index is -0.567. The SMILES string of the molecule is COc1cc(F)ccc1-c1c(-c2nc3c(s2)CN(C(=O)OC(C)(C)C)CC3)nc(-c2cnn(C)c2)c2ccsc12. The molecule has 0 aliphatic carbocycles. The van der Waals surface area contributed by atoms with E-state index in [1.54, 1.807) is 33.2 Å². The van der Waals surface area contributed by atoms with Gasteiger partial charge in [-0.25, -0.2) is 19.2 Å². The maximum atomic E-state index is 14.2. The Hall–Kier alpha value is -3.83. The molecule has 40 heavy (non-hydrogen) atoms. The number of thiazole rings is 1. The van der Waals surface area contributed by atoms with Gasteiger partial charge in [-0.3, -0.25) is 4.68 Å². The third-order valence-corrected chi connectivity index (χ3v) is 8.63. The van der Waals surface area contributed by atoms with Crippen molar-refractivity contribution in [2.24, 2.45) is 7.05 Å². The highest BCUT2D eigenvalue weighted by atomic mass is 32.1. The highest BCUT2D eigenvalue weighted by Crippen LogP contribution is 2.47. The molecule has 8 nitrogen and oxygen atoms in total. The lowest BCUT2D eigenvalue weighted by atomic mass is 9.99. The van der Waals surface area contributed by atoms with Crippen LogP contribution in [0.4, 0.5) is 9.18 Å². The largest absolute Gasteiger partial charge is 0.496 e. The van der Waals surface area contributed by atoms with Gasteiger partial charge in [-0.1, -0.05) is 0 Å². The molecule has 0 atom stereocenters. The van der Waals surface area contributed by atoms with E-state index in [0.29, 0.717) is 31.0 Å². The molecule has 0 fully saturated rings. The Balaban J connectivity index is 1.53. The molecule has 11 heteroatoms. The fourth-order valence-electron chi connectivity index (χ4n) is 4.84. The van der Waals surface area contributed by atoms with Crippen molar-refractivity contribution in [1.29, 1.82) is 0 Å². The van der Waals surface area contributed by atoms with Crippen molar-refractivity contribution in [3.63, 3.8) is 0 Å². The van der Waals surface area contributed by atoms with E-state index in [0.717, 1.165) is 48.0 Å². The molecule has 5 aromatic rings. The monoisotopic (exact) mass is 577 g/mol. The lowest BCUT2D eigenvalue weighted by molar-refractivity contribution is 0.0225. The molecule has 1 aliphatic heterocycles. The molecule has 0 radical (unpaired) electrons. The fraction of sp³-hybridized carbons (Fsp3) is 0.310. The number of nitrogens with zero attached hydrogens (tertiary/aromatic N) is 5. The van der Waals surface area contributed by atoms with Gasteiger partial charge in [-0.15, -0.1) is 22.7 Å². The van der Waals surface area contributed by atoms with E-state index in [4.69, 9.17) is 19.4 Å². The van der Waals surface area contributed by atoms with Crippen LogP contribution in [0.1, 0.15) is 31.3 Å². The van der Waals surface area contributed by atoms with E-state index in [-0.39, 0.29) is 11.9 Å². The summed E-state index contributed by atoms with van der Waals surface area (Å²) in [6.07, 6.45) is 4.03. The summed E-state index contributed by atoms with van der Waals surface area (Å²) < 4.78 is 28.2. The Labute approximate surface area is 239 Å². The van der Waals surface area contributed by atoms with E-state index in [1.807, 2.05) is 45.5 Å². The van der Waals surface area contributed by atoms with Crippen LogP contribution >= 0.6 is 22.7 Å². The smallest absolute Gasteiger partial charge is 0.410 e. The number of hydrogen-bond acceptors (Lipinski definition) is 8. The van der Waals surface area contributed by atoms with Crippen molar-refractivity contribution in [1.82, 2.24) is 24.6 Å². The molecule has 0 saturated carbocycles. The average Bonchev–Trinajstić information content (AvgIpc) is 3.66. The number of carbonyl (C=O) groups excluding carboxylic acids is 1. The second-order valence-electron chi connectivity index (χ2n) is 10.6. The minimum absolute atomic E-state index is 0.332. The molecular weight excluding hydrogens is 549 g/mol. The van der Waals surface area contributed by atoms with Gasteiger partial charge in [0.15, 0.2) is 0 Å². The van der Waals surface area contributed by atoms with Gasteiger partial charge in [0, 0.05) is 63.9 Å². The van der Waals surface area contributed by atoms with Crippen molar-refractivity contribution in [2.75, 3.05) is 13.7 Å². The predicted octanol–water partition coefficient (Wildman–Crippen LogP) is 6.93. The Bertz CT molecular complexity index is 1750. The van der Waals surface area contributed by atoms with Crippen molar-refractivity contribution in [2.45, 2.75) is 39.3 Å². The summed E-state index contributed by atoms with van der Waals surface area (Å²) in [5.74, 6) is 0.0424. The van der Waals surface area contributed by atoms with E-state index < -0.39 is 5.60 Å². The molecule has 0 bridgehead atoms. The standard InChI is InChI=1S/C29H28FN5O3S2/c1-29(2,3)38-28(36)35-10-8-20-22(15-35)40-27(32-20)25-23(18-7-6-17(30)12-21(18)37-5)26-19(9-11-39-26)24(33-25)16-13-31-34(4)14-16/h6-7,9,11-14H,8,10,15H2,1-5H3. The number of hydrogen-bond donors (Lipinski definition) is 0. The van der Waals surface area contributed by atoms with E-state index in [2.05, 4.69) is 5.10 Å². The van der Waals surface area contributed by atoms with Gasteiger partial charge in [0.1, 0.15) is 27.9 Å². The summed E-state index contributed by atoms with van der Waals surface area (Å²) in [6.45, 7) is 6.55. The normalized spacial score (nSPS) is 13.5. The number of rotatable bonds is 4. The molecule has 1 amide bonds. The molecule has 1 aliphatic rings. The van der Waals surface area contributed by atoms with Crippen LogP contribution in [0.15, 0.2) is 42.0 Å². The van der Waals surface area contributed by atoms with E-state index in [1.165, 1.54) is 30.6 Å². The summed E-state index contributed by atoms with van der Waals surface area (Å²) in [7, 11) is 3.41. The third kappa shape index (κ3) is 4.84. The van der Waals surface area contributed by atoms with Gasteiger partial charge in [0.2, 0.25) is 0 Å². The summed E-state index contributed by atoms with van der Waals surface area (Å²) in [5.41, 5.74) is 4.33. The first-order chi connectivity index (χ1) is 19.1. The number of pyridine rings is 1. The van der Waals surface area contributed by atoms with Gasteiger partial charge in [0.05, 0.1) is 31.2 Å². The molecular formula is C29H28FN5O3S2. The zero-order chi connectivity index (χ0) is 28.2. The number of carbonyl (C=O) groups is 1. The predicted molar refractivity (Wildman–Crippen MR) is 155 cm³/mol. The number of halogens is 1. The number of ether oxygens (including phenoxy) is 2. The molecule has 206 valence electrons. The number of aryl methyl sites for hydroxylation is 1. The summed E-state index contributed by atoms with van der Waals surface area (Å²) in [6, 6.07) is 6.60. The molecule has 4 aromatic heterocycles. The zero-order valence-corrected chi connectivity index (χ0v) is 24.5. The molecule has 5 heterocycles. The van der Waals surface area contributed by atoms with E-state index >= 15 is 0 Å². The number of aromatic nitrogens is 4. The molecule has 0 N–H and O–H groups in total. The highest BCUT2D eigenvalue weighted by Gasteiger charge is 2.30. The molecule has 0 saturated heterocycles. The summed E-state index contributed by atoms with van der Waals surface area (Å²) in [4.78, 5) is 25.7. The molecule has 6 rings (SSSR count). The maximum Gasteiger partial charge on any atom is 0.410 e. The lowest BCUT2D eigenvalue weighted by Crippen LogP contribution is -2.39. The quantitative estimate of drug-likeness (QED) is 0.230. The van der Waals surface area contributed by atoms with Crippen LogP contribution in [-0.4, -0.2) is 50.0 Å². The second kappa shape index (κ2) is 9.97. The van der Waals surface area contributed by atoms with Gasteiger partial charge < -0.3 is 14.4 Å². The maximum absolute atomic E-state index is 14.2. The van der Waals surface area contributed by atoms with Crippen molar-refractivity contribution in [3.05, 3.63) is 58.4 Å². The Kier molecular flexibility index (Phi) is 6.58. The van der Waals surface area contributed by atoms with Crippen molar-refractivity contribution < 1.29 is 18.7 Å². The summed E-state index contributed by atoms with van der Waals surface area (Å²) >= 11 is 3.11. The van der Waals surface area contributed by atoms with Crippen LogP contribution in [0.5, 0.6) is 5.75 Å². The minimum Gasteiger partial charge on any atom is -0.496 e. The number of methoxy groups -OCH3 is 1. The average molecular weight is 578 g/mol. The fourth-order valence-corrected chi connectivity index (χ4v) is 6.92. The first kappa shape index (κ1) is 26.4. The topological polar surface area (TPSA) is 82.4 Å².